The average Bonchev–Trinajstić information content (AvgIpc) is 2.29. The minimum absolute atomic E-state index is 0.214. The van der Waals surface area contributed by atoms with Gasteiger partial charge in [0.05, 0.1) is 6.10 Å². The van der Waals surface area contributed by atoms with Crippen LogP contribution in [0.15, 0.2) is 22.8 Å². The lowest BCUT2D eigenvalue weighted by Crippen LogP contribution is -2.36. The Morgan fingerprint density at radius 3 is 2.89 bits per heavy atom. The summed E-state index contributed by atoms with van der Waals surface area (Å²) in [6.07, 6.45) is 6.61. The Bertz CT molecular complexity index is 363. The Kier molecular flexibility index (Phi) is 5.15. The molecule has 1 atom stereocenters. The largest absolute Gasteiger partial charge is 0.378 e. The number of rotatable bonds is 6. The van der Waals surface area contributed by atoms with E-state index in [0.29, 0.717) is 6.10 Å². The topological polar surface area (TPSA) is 48.1 Å². The Hall–Kier alpha value is -0.450. The lowest BCUT2D eigenvalue weighted by atomic mass is 9.78. The highest BCUT2D eigenvalue weighted by molar-refractivity contribution is 9.10. The molecule has 0 saturated heterocycles. The van der Waals surface area contributed by atoms with E-state index in [1.165, 1.54) is 12.8 Å². The van der Waals surface area contributed by atoms with Crippen molar-refractivity contribution in [2.24, 2.45) is 11.7 Å². The third-order valence-corrected chi connectivity index (χ3v) is 3.96. The zero-order chi connectivity index (χ0) is 13.0. The highest BCUT2D eigenvalue weighted by Gasteiger charge is 2.30. The number of nitrogens with zero attached hydrogens (tertiary/aromatic N) is 1. The van der Waals surface area contributed by atoms with Gasteiger partial charge in [0.1, 0.15) is 0 Å². The second-order valence-electron chi connectivity index (χ2n) is 5.08. The molecule has 1 heterocycles. The van der Waals surface area contributed by atoms with Crippen LogP contribution in [0.25, 0.3) is 0 Å². The number of aromatic nitrogens is 1. The second kappa shape index (κ2) is 6.64. The fourth-order valence-corrected chi connectivity index (χ4v) is 2.78. The molecule has 100 valence electrons. The second-order valence-corrected chi connectivity index (χ2v) is 6.00. The highest BCUT2D eigenvalue weighted by Crippen LogP contribution is 2.33. The summed E-state index contributed by atoms with van der Waals surface area (Å²) in [5.74, 6) is 0.743. The van der Waals surface area contributed by atoms with Crippen LogP contribution in [0.4, 0.5) is 0 Å². The van der Waals surface area contributed by atoms with Crippen LogP contribution in [-0.4, -0.2) is 23.7 Å². The molecule has 0 bridgehead atoms. The van der Waals surface area contributed by atoms with Gasteiger partial charge in [-0.05, 0) is 60.2 Å². The molecule has 1 aromatic rings. The number of nitrogens with two attached hydrogens (primary N) is 1. The molecular weight excluding hydrogens is 292 g/mol. The van der Waals surface area contributed by atoms with E-state index in [9.17, 15) is 0 Å². The predicted molar refractivity (Wildman–Crippen MR) is 76.4 cm³/mol. The fraction of sp³-hybridized carbons (Fsp3) is 0.643. The highest BCUT2D eigenvalue weighted by atomic mass is 79.9. The minimum atomic E-state index is 0.214. The van der Waals surface area contributed by atoms with Crippen LogP contribution in [0.1, 0.15) is 31.9 Å². The zero-order valence-corrected chi connectivity index (χ0v) is 12.4. The third kappa shape index (κ3) is 4.04. The summed E-state index contributed by atoms with van der Waals surface area (Å²) < 4.78 is 6.58. The maximum Gasteiger partial charge on any atom is 0.0580 e. The third-order valence-electron chi connectivity index (χ3n) is 3.49. The molecule has 1 fully saturated rings. The summed E-state index contributed by atoms with van der Waals surface area (Å²) in [6, 6.07) is 4.27. The van der Waals surface area contributed by atoms with Crippen molar-refractivity contribution in [2.75, 3.05) is 6.61 Å². The van der Waals surface area contributed by atoms with Crippen LogP contribution in [0, 0.1) is 5.92 Å². The molecule has 0 aliphatic heterocycles. The van der Waals surface area contributed by atoms with Crippen LogP contribution >= 0.6 is 15.9 Å². The lowest BCUT2D eigenvalue weighted by Gasteiger charge is -2.36. The van der Waals surface area contributed by atoms with E-state index in [1.807, 2.05) is 18.3 Å². The molecule has 1 aliphatic carbocycles. The van der Waals surface area contributed by atoms with Gasteiger partial charge in [-0.15, -0.1) is 0 Å². The molecule has 0 radical (unpaired) electrons. The van der Waals surface area contributed by atoms with E-state index in [2.05, 4.69) is 27.8 Å². The van der Waals surface area contributed by atoms with E-state index in [1.54, 1.807) is 0 Å². The number of hydrogen-bond donors (Lipinski definition) is 1. The van der Waals surface area contributed by atoms with Crippen LogP contribution in [0.5, 0.6) is 0 Å². The first-order valence-electron chi connectivity index (χ1n) is 6.65. The summed E-state index contributed by atoms with van der Waals surface area (Å²) in [4.78, 5) is 4.36. The summed E-state index contributed by atoms with van der Waals surface area (Å²) >= 11 is 3.39. The lowest BCUT2D eigenvalue weighted by molar-refractivity contribution is -0.0281. The Morgan fingerprint density at radius 2 is 2.28 bits per heavy atom. The van der Waals surface area contributed by atoms with Gasteiger partial charge in [-0.2, -0.15) is 0 Å². The van der Waals surface area contributed by atoms with Gasteiger partial charge in [0.15, 0.2) is 0 Å². The molecule has 3 nitrogen and oxygen atoms in total. The van der Waals surface area contributed by atoms with Crippen molar-refractivity contribution >= 4 is 15.9 Å². The van der Waals surface area contributed by atoms with Gasteiger partial charge in [0.25, 0.3) is 0 Å². The summed E-state index contributed by atoms with van der Waals surface area (Å²) in [5, 5.41) is 0. The van der Waals surface area contributed by atoms with Crippen LogP contribution in [0.2, 0.25) is 0 Å². The van der Waals surface area contributed by atoms with Gasteiger partial charge in [-0.1, -0.05) is 0 Å². The number of hydrogen-bond acceptors (Lipinski definition) is 3. The summed E-state index contributed by atoms with van der Waals surface area (Å²) in [7, 11) is 0. The molecule has 0 spiro atoms. The van der Waals surface area contributed by atoms with E-state index in [4.69, 9.17) is 10.5 Å². The average molecular weight is 313 g/mol. The van der Waals surface area contributed by atoms with Crippen molar-refractivity contribution in [1.29, 1.82) is 0 Å². The molecule has 4 heteroatoms. The van der Waals surface area contributed by atoms with E-state index in [0.717, 1.165) is 35.5 Å². The molecule has 2 rings (SSSR count). The van der Waals surface area contributed by atoms with Gasteiger partial charge in [-0.25, -0.2) is 0 Å². The van der Waals surface area contributed by atoms with E-state index < -0.39 is 0 Å². The molecule has 0 amide bonds. The molecular formula is C14H21BrN2O. The number of ether oxygens (including phenoxy) is 1. The van der Waals surface area contributed by atoms with Crippen molar-refractivity contribution in [1.82, 2.24) is 4.98 Å². The van der Waals surface area contributed by atoms with Gasteiger partial charge < -0.3 is 10.5 Å². The van der Waals surface area contributed by atoms with Crippen molar-refractivity contribution in [3.05, 3.63) is 28.5 Å². The Balaban J connectivity index is 1.70. The van der Waals surface area contributed by atoms with Crippen molar-refractivity contribution in [3.63, 3.8) is 0 Å². The molecule has 0 aromatic carbocycles. The maximum atomic E-state index is 6.18. The SMILES string of the molecule is CCOC1CC(CC(N)Cc2ccc(Br)cn2)C1. The van der Waals surface area contributed by atoms with Gasteiger partial charge in [-0.3, -0.25) is 4.98 Å². The van der Waals surface area contributed by atoms with Gasteiger partial charge >= 0.3 is 0 Å². The fourth-order valence-electron chi connectivity index (χ4n) is 2.55. The predicted octanol–water partition coefficient (Wildman–Crippen LogP) is 2.92. The van der Waals surface area contributed by atoms with E-state index in [-0.39, 0.29) is 6.04 Å². The normalized spacial score (nSPS) is 24.6. The Labute approximate surface area is 117 Å². The van der Waals surface area contributed by atoms with Crippen LogP contribution in [0.3, 0.4) is 0 Å². The van der Waals surface area contributed by atoms with Gasteiger partial charge in [0, 0.05) is 35.4 Å². The van der Waals surface area contributed by atoms with E-state index >= 15 is 0 Å². The molecule has 2 N–H and O–H groups in total. The van der Waals surface area contributed by atoms with Crippen molar-refractivity contribution in [3.8, 4) is 0 Å². The monoisotopic (exact) mass is 312 g/mol. The summed E-state index contributed by atoms with van der Waals surface area (Å²) in [6.45, 7) is 2.88. The molecule has 1 aliphatic rings. The first kappa shape index (κ1) is 14.0. The first-order chi connectivity index (χ1) is 8.67. The van der Waals surface area contributed by atoms with Crippen LogP contribution < -0.4 is 5.73 Å². The number of halogens is 1. The molecule has 1 aromatic heterocycles. The van der Waals surface area contributed by atoms with Crippen molar-refractivity contribution < 1.29 is 4.74 Å². The number of pyridine rings is 1. The molecule has 1 unspecified atom stereocenters. The quantitative estimate of drug-likeness (QED) is 0.878. The molecule has 18 heavy (non-hydrogen) atoms. The van der Waals surface area contributed by atoms with Crippen LogP contribution in [-0.2, 0) is 11.2 Å². The van der Waals surface area contributed by atoms with Gasteiger partial charge in [0.2, 0.25) is 0 Å². The maximum absolute atomic E-state index is 6.18. The van der Waals surface area contributed by atoms with Crippen molar-refractivity contribution in [2.45, 2.75) is 44.8 Å². The minimum Gasteiger partial charge on any atom is -0.378 e. The summed E-state index contributed by atoms with van der Waals surface area (Å²) in [5.41, 5.74) is 7.26. The molecule has 1 saturated carbocycles. The standard InChI is InChI=1S/C14H21BrN2O/c1-2-18-14-6-10(7-14)5-12(16)8-13-4-3-11(15)9-17-13/h3-4,9-10,12,14H,2,5-8,16H2,1H3. The smallest absolute Gasteiger partial charge is 0.0580 e. The first-order valence-corrected chi connectivity index (χ1v) is 7.44. The Morgan fingerprint density at radius 1 is 1.50 bits per heavy atom. The zero-order valence-electron chi connectivity index (χ0n) is 10.8.